The maximum Gasteiger partial charge on any atom is 0.338 e. The lowest BCUT2D eigenvalue weighted by atomic mass is 10.0. The Morgan fingerprint density at radius 3 is 2.53 bits per heavy atom. The highest BCUT2D eigenvalue weighted by Crippen LogP contribution is 2.31. The van der Waals surface area contributed by atoms with Crippen molar-refractivity contribution in [2.24, 2.45) is 0 Å². The highest BCUT2D eigenvalue weighted by molar-refractivity contribution is 9.10. The number of hydrogen-bond donors (Lipinski definition) is 1. The van der Waals surface area contributed by atoms with Crippen molar-refractivity contribution in [1.82, 2.24) is 0 Å². The van der Waals surface area contributed by atoms with Gasteiger partial charge in [0.15, 0.2) is 6.61 Å². The van der Waals surface area contributed by atoms with Crippen LogP contribution in [0.2, 0.25) is 0 Å². The Hall–Kier alpha value is -3.17. The number of carbonyl (C=O) groups is 2. The van der Waals surface area contributed by atoms with Crippen molar-refractivity contribution in [2.75, 3.05) is 22.8 Å². The molecule has 0 unspecified atom stereocenters. The molecule has 7 nitrogen and oxygen atoms in total. The lowest BCUT2D eigenvalue weighted by molar-refractivity contribution is -0.119. The van der Waals surface area contributed by atoms with Gasteiger partial charge in [0, 0.05) is 11.0 Å². The summed E-state index contributed by atoms with van der Waals surface area (Å²) in [6, 6.07) is 18.5. The largest absolute Gasteiger partial charge is 0.452 e. The minimum Gasteiger partial charge on any atom is -0.452 e. The van der Waals surface area contributed by atoms with Crippen LogP contribution in [-0.4, -0.2) is 33.4 Å². The minimum absolute atomic E-state index is 0.0858. The van der Waals surface area contributed by atoms with E-state index in [4.69, 9.17) is 4.74 Å². The number of ether oxygens (including phenoxy) is 1. The molecule has 0 bridgehead atoms. The van der Waals surface area contributed by atoms with Crippen LogP contribution >= 0.6 is 15.9 Å². The SMILES string of the molecule is Cc1ccc(NC(=O)COC(=O)c2ccc(S(=O)(=O)N3CCCc4ccccc43)cc2)c(Br)c1. The molecule has 1 aliphatic heterocycles. The zero-order chi connectivity index (χ0) is 24.3. The number of hydrogen-bond acceptors (Lipinski definition) is 5. The standard InChI is InChI=1S/C25H23BrN2O5S/c1-17-8-13-22(21(26)15-17)27-24(29)16-33-25(30)19-9-11-20(12-10-19)34(31,32)28-14-4-6-18-5-2-3-7-23(18)28/h2-3,5,7-13,15H,4,6,14,16H2,1H3,(H,27,29). The number of esters is 1. The van der Waals surface area contributed by atoms with Crippen LogP contribution in [0.5, 0.6) is 0 Å². The van der Waals surface area contributed by atoms with E-state index in [1.54, 1.807) is 12.1 Å². The fourth-order valence-electron chi connectivity index (χ4n) is 3.76. The summed E-state index contributed by atoms with van der Waals surface area (Å²) >= 11 is 3.38. The van der Waals surface area contributed by atoms with Gasteiger partial charge >= 0.3 is 5.97 Å². The summed E-state index contributed by atoms with van der Waals surface area (Å²) in [6.45, 7) is 1.86. The van der Waals surface area contributed by atoms with Gasteiger partial charge in [0.25, 0.3) is 15.9 Å². The Morgan fingerprint density at radius 2 is 1.79 bits per heavy atom. The molecule has 1 amide bonds. The van der Waals surface area contributed by atoms with E-state index in [0.29, 0.717) is 17.9 Å². The number of anilines is 2. The van der Waals surface area contributed by atoms with Gasteiger partial charge in [-0.15, -0.1) is 0 Å². The van der Waals surface area contributed by atoms with E-state index in [1.165, 1.54) is 28.6 Å². The molecule has 0 spiro atoms. The summed E-state index contributed by atoms with van der Waals surface area (Å²) in [7, 11) is -3.77. The van der Waals surface area contributed by atoms with Gasteiger partial charge in [-0.1, -0.05) is 24.3 Å². The Labute approximate surface area is 206 Å². The molecular weight excluding hydrogens is 520 g/mol. The maximum absolute atomic E-state index is 13.2. The van der Waals surface area contributed by atoms with Gasteiger partial charge in [-0.05, 0) is 89.3 Å². The van der Waals surface area contributed by atoms with E-state index in [0.717, 1.165) is 28.4 Å². The van der Waals surface area contributed by atoms with E-state index in [2.05, 4.69) is 21.2 Å². The molecule has 9 heteroatoms. The van der Waals surface area contributed by atoms with Crippen LogP contribution in [0.1, 0.15) is 27.9 Å². The third kappa shape index (κ3) is 5.15. The minimum atomic E-state index is -3.77. The molecule has 176 valence electrons. The molecular formula is C25H23BrN2O5S. The number of benzene rings is 3. The summed E-state index contributed by atoms with van der Waals surface area (Å²) in [6.07, 6.45) is 1.57. The second kappa shape index (κ2) is 9.99. The zero-order valence-corrected chi connectivity index (χ0v) is 20.9. The van der Waals surface area contributed by atoms with E-state index < -0.39 is 28.5 Å². The predicted molar refractivity (Wildman–Crippen MR) is 134 cm³/mol. The first-order chi connectivity index (χ1) is 16.3. The molecule has 1 N–H and O–H groups in total. The van der Waals surface area contributed by atoms with Gasteiger partial charge in [-0.25, -0.2) is 13.2 Å². The van der Waals surface area contributed by atoms with Gasteiger partial charge in [0.05, 0.1) is 21.8 Å². The van der Waals surface area contributed by atoms with Gasteiger partial charge in [0.2, 0.25) is 0 Å². The molecule has 0 radical (unpaired) electrons. The smallest absolute Gasteiger partial charge is 0.338 e. The molecule has 0 saturated carbocycles. The molecule has 0 fully saturated rings. The number of nitrogens with zero attached hydrogens (tertiary/aromatic N) is 1. The van der Waals surface area contributed by atoms with E-state index in [1.807, 2.05) is 37.3 Å². The summed E-state index contributed by atoms with van der Waals surface area (Å²) in [5.74, 6) is -1.20. The van der Waals surface area contributed by atoms with E-state index in [9.17, 15) is 18.0 Å². The van der Waals surface area contributed by atoms with Gasteiger partial charge in [-0.2, -0.15) is 0 Å². The first-order valence-electron chi connectivity index (χ1n) is 10.7. The topological polar surface area (TPSA) is 92.8 Å². The van der Waals surface area contributed by atoms with Crippen molar-refractivity contribution >= 4 is 49.2 Å². The fraction of sp³-hybridized carbons (Fsp3) is 0.200. The van der Waals surface area contributed by atoms with Crippen LogP contribution < -0.4 is 9.62 Å². The van der Waals surface area contributed by atoms with Crippen molar-refractivity contribution in [2.45, 2.75) is 24.7 Å². The Balaban J connectivity index is 1.40. The van der Waals surface area contributed by atoms with E-state index in [-0.39, 0.29) is 10.5 Å². The van der Waals surface area contributed by atoms with Gasteiger partial charge in [0.1, 0.15) is 0 Å². The normalized spacial score (nSPS) is 13.2. The number of rotatable bonds is 6. The first-order valence-corrected chi connectivity index (χ1v) is 12.9. The Morgan fingerprint density at radius 1 is 1.06 bits per heavy atom. The second-order valence-electron chi connectivity index (χ2n) is 7.94. The van der Waals surface area contributed by atoms with Crippen molar-refractivity contribution < 1.29 is 22.7 Å². The van der Waals surface area contributed by atoms with Crippen LogP contribution in [-0.2, 0) is 26.0 Å². The summed E-state index contributed by atoms with van der Waals surface area (Å²) in [5, 5.41) is 2.67. The number of aryl methyl sites for hydroxylation is 2. The average molecular weight is 543 g/mol. The summed E-state index contributed by atoms with van der Waals surface area (Å²) in [5.41, 5.74) is 3.44. The average Bonchev–Trinajstić information content (AvgIpc) is 2.84. The van der Waals surface area contributed by atoms with Crippen LogP contribution in [0, 0.1) is 6.92 Å². The molecule has 34 heavy (non-hydrogen) atoms. The highest BCUT2D eigenvalue weighted by atomic mass is 79.9. The lowest BCUT2D eigenvalue weighted by Gasteiger charge is -2.30. The molecule has 1 aliphatic rings. The number of carbonyl (C=O) groups excluding carboxylic acids is 2. The number of nitrogens with one attached hydrogen (secondary N) is 1. The van der Waals surface area contributed by atoms with Gasteiger partial charge in [-0.3, -0.25) is 9.10 Å². The number of fused-ring (bicyclic) bond motifs is 1. The lowest BCUT2D eigenvalue weighted by Crippen LogP contribution is -2.35. The summed E-state index contributed by atoms with van der Waals surface area (Å²) < 4.78 is 33.7. The van der Waals surface area contributed by atoms with Crippen LogP contribution in [0.15, 0.2) is 76.1 Å². The van der Waals surface area contributed by atoms with Crippen molar-refractivity contribution in [3.8, 4) is 0 Å². The van der Waals surface area contributed by atoms with Crippen LogP contribution in [0.25, 0.3) is 0 Å². The van der Waals surface area contributed by atoms with Crippen LogP contribution in [0.3, 0.4) is 0 Å². The molecule has 0 atom stereocenters. The van der Waals surface area contributed by atoms with E-state index >= 15 is 0 Å². The van der Waals surface area contributed by atoms with Crippen LogP contribution in [0.4, 0.5) is 11.4 Å². The Bertz CT molecular complexity index is 1340. The van der Waals surface area contributed by atoms with Crippen molar-refractivity contribution in [3.05, 3.63) is 87.9 Å². The number of para-hydroxylation sites is 1. The third-order valence-electron chi connectivity index (χ3n) is 5.48. The molecule has 3 aromatic rings. The number of amides is 1. The number of sulfonamides is 1. The Kier molecular flexibility index (Phi) is 7.04. The number of halogens is 1. The quantitative estimate of drug-likeness (QED) is 0.456. The molecule has 1 heterocycles. The molecule has 0 aliphatic carbocycles. The van der Waals surface area contributed by atoms with Crippen molar-refractivity contribution in [1.29, 1.82) is 0 Å². The molecule has 0 saturated heterocycles. The fourth-order valence-corrected chi connectivity index (χ4v) is 5.89. The third-order valence-corrected chi connectivity index (χ3v) is 7.96. The first kappa shape index (κ1) is 24.0. The monoisotopic (exact) mass is 542 g/mol. The van der Waals surface area contributed by atoms with Crippen molar-refractivity contribution in [3.63, 3.8) is 0 Å². The summed E-state index contributed by atoms with van der Waals surface area (Å²) in [4.78, 5) is 24.6. The predicted octanol–water partition coefficient (Wildman–Crippen LogP) is 4.69. The zero-order valence-electron chi connectivity index (χ0n) is 18.5. The molecule has 0 aromatic heterocycles. The molecule has 4 rings (SSSR count). The second-order valence-corrected chi connectivity index (χ2v) is 10.7. The van der Waals surface area contributed by atoms with Gasteiger partial charge < -0.3 is 10.1 Å². The highest BCUT2D eigenvalue weighted by Gasteiger charge is 2.29. The maximum atomic E-state index is 13.2. The molecule has 3 aromatic carbocycles.